The Kier molecular flexibility index (Phi) is 4.14. The molecule has 2 rings (SSSR count). The van der Waals surface area contributed by atoms with E-state index in [-0.39, 0.29) is 17.0 Å². The first-order valence-corrected chi connectivity index (χ1v) is 6.19. The minimum absolute atomic E-state index is 0.0476. The van der Waals surface area contributed by atoms with Gasteiger partial charge < -0.3 is 0 Å². The highest BCUT2D eigenvalue weighted by Gasteiger charge is 2.35. The van der Waals surface area contributed by atoms with Crippen LogP contribution in [0.5, 0.6) is 0 Å². The number of hydrogen-bond donors (Lipinski definition) is 0. The largest absolute Gasteiger partial charge is 0.417 e. The lowest BCUT2D eigenvalue weighted by atomic mass is 9.98. The van der Waals surface area contributed by atoms with E-state index in [2.05, 4.69) is 0 Å². The second-order valence-corrected chi connectivity index (χ2v) is 4.71. The summed E-state index contributed by atoms with van der Waals surface area (Å²) in [5.41, 5.74) is -0.683. The van der Waals surface area contributed by atoms with Crippen LogP contribution in [0, 0.1) is 0 Å². The monoisotopic (exact) mass is 298 g/mol. The Morgan fingerprint density at radius 3 is 2.30 bits per heavy atom. The Hall–Kier alpha value is -1.81. The van der Waals surface area contributed by atoms with E-state index < -0.39 is 17.5 Å². The van der Waals surface area contributed by atoms with Crippen molar-refractivity contribution in [3.8, 4) is 0 Å². The van der Waals surface area contributed by atoms with Gasteiger partial charge in [-0.15, -0.1) is 0 Å². The maximum atomic E-state index is 12.9. The van der Waals surface area contributed by atoms with E-state index in [4.69, 9.17) is 11.6 Å². The highest BCUT2D eigenvalue weighted by molar-refractivity contribution is 6.30. The molecule has 0 N–H and O–H groups in total. The summed E-state index contributed by atoms with van der Waals surface area (Å²) < 4.78 is 38.7. The van der Waals surface area contributed by atoms with Crippen molar-refractivity contribution in [3.63, 3.8) is 0 Å². The molecule has 0 saturated carbocycles. The molecule has 104 valence electrons. The molecule has 0 atom stereocenters. The van der Waals surface area contributed by atoms with Crippen LogP contribution in [0.3, 0.4) is 0 Å². The molecule has 0 unspecified atom stereocenters. The molecule has 0 bridgehead atoms. The van der Waals surface area contributed by atoms with Gasteiger partial charge in [-0.3, -0.25) is 4.79 Å². The van der Waals surface area contributed by atoms with Crippen molar-refractivity contribution in [2.24, 2.45) is 0 Å². The lowest BCUT2D eigenvalue weighted by Crippen LogP contribution is -2.14. The normalized spacial score (nSPS) is 11.4. The van der Waals surface area contributed by atoms with Crippen molar-refractivity contribution in [1.82, 2.24) is 0 Å². The van der Waals surface area contributed by atoms with E-state index in [0.717, 1.165) is 12.1 Å². The van der Waals surface area contributed by atoms with Gasteiger partial charge in [-0.05, 0) is 23.8 Å². The third-order valence-corrected chi connectivity index (χ3v) is 3.03. The second-order valence-electron chi connectivity index (χ2n) is 4.27. The number of Topliss-reactive ketones (excluding diaryl/α,β-unsaturated/α-hetero) is 1. The average molecular weight is 299 g/mol. The Bertz CT molecular complexity index is 621. The van der Waals surface area contributed by atoms with E-state index in [1.807, 2.05) is 0 Å². The molecule has 20 heavy (non-hydrogen) atoms. The first kappa shape index (κ1) is 14.6. The minimum atomic E-state index is -4.60. The Balaban J connectivity index is 2.35. The highest BCUT2D eigenvalue weighted by atomic mass is 35.5. The number of ketones is 1. The predicted molar refractivity (Wildman–Crippen MR) is 70.9 cm³/mol. The Morgan fingerprint density at radius 2 is 1.70 bits per heavy atom. The number of rotatable bonds is 3. The summed E-state index contributed by atoms with van der Waals surface area (Å²) in [7, 11) is 0. The van der Waals surface area contributed by atoms with E-state index in [0.29, 0.717) is 5.56 Å². The number of hydrogen-bond acceptors (Lipinski definition) is 1. The van der Waals surface area contributed by atoms with Gasteiger partial charge in [-0.2, -0.15) is 13.2 Å². The molecule has 0 heterocycles. The van der Waals surface area contributed by atoms with Crippen molar-refractivity contribution in [3.05, 3.63) is 70.2 Å². The predicted octanol–water partition coefficient (Wildman–Crippen LogP) is 4.78. The van der Waals surface area contributed by atoms with Crippen molar-refractivity contribution in [2.75, 3.05) is 0 Å². The second kappa shape index (κ2) is 5.67. The van der Waals surface area contributed by atoms with Crippen LogP contribution in [-0.4, -0.2) is 5.78 Å². The minimum Gasteiger partial charge on any atom is -0.294 e. The standard InChI is InChI=1S/C15H10ClF3O/c16-11-6-7-12(13(9-11)15(17,18)19)14(20)8-10-4-2-1-3-5-10/h1-7,9H,8H2. The fourth-order valence-electron chi connectivity index (χ4n) is 1.87. The zero-order valence-electron chi connectivity index (χ0n) is 10.2. The summed E-state index contributed by atoms with van der Waals surface area (Å²) in [6.45, 7) is 0. The van der Waals surface area contributed by atoms with Crippen molar-refractivity contribution >= 4 is 17.4 Å². The smallest absolute Gasteiger partial charge is 0.294 e. The lowest BCUT2D eigenvalue weighted by Gasteiger charge is -2.12. The van der Waals surface area contributed by atoms with Gasteiger partial charge in [0.05, 0.1) is 5.56 Å². The topological polar surface area (TPSA) is 17.1 Å². The fraction of sp³-hybridized carbons (Fsp3) is 0.133. The third kappa shape index (κ3) is 3.39. The number of carbonyl (C=O) groups is 1. The van der Waals surface area contributed by atoms with E-state index in [9.17, 15) is 18.0 Å². The van der Waals surface area contributed by atoms with E-state index in [1.54, 1.807) is 30.3 Å². The van der Waals surface area contributed by atoms with E-state index in [1.165, 1.54) is 6.07 Å². The summed E-state index contributed by atoms with van der Waals surface area (Å²) in [6, 6.07) is 11.8. The Labute approximate surface area is 119 Å². The number of halogens is 4. The lowest BCUT2D eigenvalue weighted by molar-refractivity contribution is -0.137. The molecule has 0 fully saturated rings. The molecule has 2 aromatic carbocycles. The number of alkyl halides is 3. The molecule has 0 amide bonds. The summed E-state index contributed by atoms with van der Waals surface area (Å²) in [5, 5.41) is -0.0476. The molecule has 2 aromatic rings. The van der Waals surface area contributed by atoms with Crippen LogP contribution in [0.25, 0.3) is 0 Å². The van der Waals surface area contributed by atoms with E-state index >= 15 is 0 Å². The molecule has 0 aromatic heterocycles. The summed E-state index contributed by atoms with van der Waals surface area (Å²) >= 11 is 5.58. The van der Waals surface area contributed by atoms with Crippen LogP contribution < -0.4 is 0 Å². The molecule has 1 nitrogen and oxygen atoms in total. The molecule has 0 spiro atoms. The van der Waals surface area contributed by atoms with Crippen LogP contribution in [0.1, 0.15) is 21.5 Å². The summed E-state index contributed by atoms with van der Waals surface area (Å²) in [6.07, 6.45) is -4.68. The van der Waals surface area contributed by atoms with Gasteiger partial charge in [-0.1, -0.05) is 41.9 Å². The highest BCUT2D eigenvalue weighted by Crippen LogP contribution is 2.34. The van der Waals surface area contributed by atoms with Crippen LogP contribution in [0.15, 0.2) is 48.5 Å². The SMILES string of the molecule is O=C(Cc1ccccc1)c1ccc(Cl)cc1C(F)(F)F. The summed E-state index contributed by atoms with van der Waals surface area (Å²) in [4.78, 5) is 12.0. The van der Waals surface area contributed by atoms with Gasteiger partial charge >= 0.3 is 6.18 Å². The number of benzene rings is 2. The van der Waals surface area contributed by atoms with Crippen molar-refractivity contribution in [1.29, 1.82) is 0 Å². The van der Waals surface area contributed by atoms with Crippen LogP contribution in [-0.2, 0) is 12.6 Å². The molecule has 5 heteroatoms. The molecular formula is C15H10ClF3O. The number of carbonyl (C=O) groups excluding carboxylic acids is 1. The third-order valence-electron chi connectivity index (χ3n) is 2.79. The van der Waals surface area contributed by atoms with Crippen LogP contribution in [0.4, 0.5) is 13.2 Å². The van der Waals surface area contributed by atoms with Gasteiger partial charge in [0.2, 0.25) is 0 Å². The summed E-state index contributed by atoms with van der Waals surface area (Å²) in [5.74, 6) is -0.583. The van der Waals surface area contributed by atoms with Crippen LogP contribution >= 0.6 is 11.6 Å². The maximum Gasteiger partial charge on any atom is 0.417 e. The van der Waals surface area contributed by atoms with Gasteiger partial charge in [0.15, 0.2) is 5.78 Å². The first-order chi connectivity index (χ1) is 9.38. The van der Waals surface area contributed by atoms with Gasteiger partial charge in [0.1, 0.15) is 0 Å². The van der Waals surface area contributed by atoms with Gasteiger partial charge in [0.25, 0.3) is 0 Å². The zero-order chi connectivity index (χ0) is 14.8. The fourth-order valence-corrected chi connectivity index (χ4v) is 2.04. The first-order valence-electron chi connectivity index (χ1n) is 5.82. The molecule has 0 aliphatic heterocycles. The van der Waals surface area contributed by atoms with Crippen LogP contribution in [0.2, 0.25) is 5.02 Å². The molecule has 0 aliphatic rings. The maximum absolute atomic E-state index is 12.9. The average Bonchev–Trinajstić information content (AvgIpc) is 2.38. The van der Waals surface area contributed by atoms with Crippen molar-refractivity contribution in [2.45, 2.75) is 12.6 Å². The van der Waals surface area contributed by atoms with Crippen molar-refractivity contribution < 1.29 is 18.0 Å². The molecule has 0 radical (unpaired) electrons. The Morgan fingerprint density at radius 1 is 1.05 bits per heavy atom. The zero-order valence-corrected chi connectivity index (χ0v) is 11.0. The van der Waals surface area contributed by atoms with Gasteiger partial charge in [0, 0.05) is 17.0 Å². The van der Waals surface area contributed by atoms with Gasteiger partial charge in [-0.25, -0.2) is 0 Å². The quantitative estimate of drug-likeness (QED) is 0.745. The molecular weight excluding hydrogens is 289 g/mol. The molecule has 0 aliphatic carbocycles. The molecule has 0 saturated heterocycles.